The maximum atomic E-state index is 12.8. The highest BCUT2D eigenvalue weighted by molar-refractivity contribution is 7.89. The molecule has 0 aliphatic carbocycles. The van der Waals surface area contributed by atoms with Crippen LogP contribution in [0.4, 0.5) is 5.69 Å². The molecule has 32 heavy (non-hydrogen) atoms. The van der Waals surface area contributed by atoms with Gasteiger partial charge in [-0.3, -0.25) is 10.1 Å². The fourth-order valence-corrected chi connectivity index (χ4v) is 5.11. The van der Waals surface area contributed by atoms with Gasteiger partial charge in [-0.2, -0.15) is 4.31 Å². The Morgan fingerprint density at radius 1 is 1.09 bits per heavy atom. The first-order chi connectivity index (χ1) is 15.2. The maximum absolute atomic E-state index is 12.8. The smallest absolute Gasteiger partial charge is 0.261 e. The fourth-order valence-electron chi connectivity index (χ4n) is 3.43. The van der Waals surface area contributed by atoms with Crippen LogP contribution in [0, 0.1) is 5.92 Å². The molecule has 2 aromatic rings. The highest BCUT2D eigenvalue weighted by Gasteiger charge is 2.27. The normalized spacial score (nSPS) is 15.4. The minimum Gasteiger partial charge on any atom is -0.490 e. The first-order valence-corrected chi connectivity index (χ1v) is 12.5. The first kappa shape index (κ1) is 24.2. The van der Waals surface area contributed by atoms with Crippen LogP contribution in [0.3, 0.4) is 0 Å². The number of rotatable bonds is 6. The van der Waals surface area contributed by atoms with Gasteiger partial charge in [0.2, 0.25) is 10.0 Å². The third kappa shape index (κ3) is 6.05. The summed E-state index contributed by atoms with van der Waals surface area (Å²) in [5, 5.41) is 5.66. The topological polar surface area (TPSA) is 87.7 Å². The predicted molar refractivity (Wildman–Crippen MR) is 129 cm³/mol. The van der Waals surface area contributed by atoms with Crippen molar-refractivity contribution in [3.8, 4) is 5.75 Å². The summed E-state index contributed by atoms with van der Waals surface area (Å²) >= 11 is 5.25. The van der Waals surface area contributed by atoms with Crippen molar-refractivity contribution in [3.63, 3.8) is 0 Å². The monoisotopic (exact) mass is 475 g/mol. The molecular weight excluding hydrogens is 446 g/mol. The Kier molecular flexibility index (Phi) is 7.86. The van der Waals surface area contributed by atoms with Gasteiger partial charge in [0.15, 0.2) is 5.11 Å². The second-order valence-corrected chi connectivity index (χ2v) is 10.5. The summed E-state index contributed by atoms with van der Waals surface area (Å²) < 4.78 is 32.9. The van der Waals surface area contributed by atoms with Gasteiger partial charge in [-0.1, -0.05) is 19.1 Å². The maximum Gasteiger partial charge on any atom is 0.261 e. The molecular formula is C23H29N3O4S2. The van der Waals surface area contributed by atoms with E-state index in [-0.39, 0.29) is 16.1 Å². The number of benzene rings is 2. The van der Waals surface area contributed by atoms with E-state index in [4.69, 9.17) is 17.0 Å². The number of hydrogen-bond donors (Lipinski definition) is 2. The molecule has 0 unspecified atom stereocenters. The molecule has 172 valence electrons. The molecule has 0 bridgehead atoms. The van der Waals surface area contributed by atoms with Crippen molar-refractivity contribution >= 4 is 38.9 Å². The summed E-state index contributed by atoms with van der Waals surface area (Å²) in [6.45, 7) is 7.00. The predicted octanol–water partition coefficient (Wildman–Crippen LogP) is 4.02. The van der Waals surface area contributed by atoms with E-state index in [1.807, 2.05) is 13.8 Å². The summed E-state index contributed by atoms with van der Waals surface area (Å²) in [5.41, 5.74) is 0.955. The molecule has 1 heterocycles. The lowest BCUT2D eigenvalue weighted by Crippen LogP contribution is -2.37. The van der Waals surface area contributed by atoms with Crippen LogP contribution in [0.25, 0.3) is 0 Å². The first-order valence-electron chi connectivity index (χ1n) is 10.6. The number of ether oxygens (including phenoxy) is 1. The standard InChI is InChI=1S/C23H29N3O4S2/c1-16(2)30-21-7-5-4-6-20(21)22(27)25-23(31)24-18-8-10-19(11-9-18)32(28,29)26-14-12-17(3)13-15-26/h4-11,16-17H,12-15H2,1-3H3,(H2,24,25,27,31). The van der Waals surface area contributed by atoms with Gasteiger partial charge in [0.05, 0.1) is 16.6 Å². The van der Waals surface area contributed by atoms with Crippen molar-refractivity contribution in [1.29, 1.82) is 0 Å². The number of anilines is 1. The SMILES string of the molecule is CC1CCN(S(=O)(=O)c2ccc(NC(=S)NC(=O)c3ccccc3OC(C)C)cc2)CC1. The van der Waals surface area contributed by atoms with Crippen LogP contribution < -0.4 is 15.4 Å². The number of thiocarbonyl (C=S) groups is 1. The van der Waals surface area contributed by atoms with E-state index in [0.29, 0.717) is 36.0 Å². The van der Waals surface area contributed by atoms with Crippen LogP contribution in [-0.4, -0.2) is 42.9 Å². The van der Waals surface area contributed by atoms with E-state index in [1.54, 1.807) is 48.5 Å². The van der Waals surface area contributed by atoms with E-state index < -0.39 is 15.9 Å². The summed E-state index contributed by atoms with van der Waals surface area (Å²) in [4.78, 5) is 12.9. The average Bonchev–Trinajstić information content (AvgIpc) is 2.74. The molecule has 2 N–H and O–H groups in total. The third-order valence-corrected chi connectivity index (χ3v) is 7.33. The molecule has 1 saturated heterocycles. The average molecular weight is 476 g/mol. The number of nitrogens with one attached hydrogen (secondary N) is 2. The van der Waals surface area contributed by atoms with Gasteiger partial charge in [0.1, 0.15) is 5.75 Å². The Bertz CT molecular complexity index is 1060. The molecule has 1 aliphatic heterocycles. The lowest BCUT2D eigenvalue weighted by molar-refractivity contribution is 0.0972. The molecule has 2 aromatic carbocycles. The molecule has 1 aliphatic rings. The van der Waals surface area contributed by atoms with Crippen molar-refractivity contribution in [2.24, 2.45) is 5.92 Å². The van der Waals surface area contributed by atoms with Crippen molar-refractivity contribution in [3.05, 3.63) is 54.1 Å². The van der Waals surface area contributed by atoms with Crippen LogP contribution in [0.5, 0.6) is 5.75 Å². The lowest BCUT2D eigenvalue weighted by atomic mass is 10.0. The zero-order valence-electron chi connectivity index (χ0n) is 18.5. The van der Waals surface area contributed by atoms with Crippen molar-refractivity contribution in [1.82, 2.24) is 9.62 Å². The minimum absolute atomic E-state index is 0.0721. The number of amides is 1. The summed E-state index contributed by atoms with van der Waals surface area (Å²) in [6, 6.07) is 13.3. The highest BCUT2D eigenvalue weighted by atomic mass is 32.2. The number of nitrogens with zero attached hydrogens (tertiary/aromatic N) is 1. The quantitative estimate of drug-likeness (QED) is 0.614. The molecule has 7 nitrogen and oxygen atoms in total. The zero-order valence-corrected chi connectivity index (χ0v) is 20.1. The molecule has 0 spiro atoms. The Balaban J connectivity index is 1.62. The molecule has 0 atom stereocenters. The van der Waals surface area contributed by atoms with Gasteiger partial charge in [-0.25, -0.2) is 8.42 Å². The van der Waals surface area contributed by atoms with Gasteiger partial charge in [-0.15, -0.1) is 0 Å². The number of sulfonamides is 1. The summed E-state index contributed by atoms with van der Waals surface area (Å²) in [5.74, 6) is 0.634. The Labute approximate surface area is 195 Å². The van der Waals surface area contributed by atoms with E-state index in [0.717, 1.165) is 12.8 Å². The molecule has 9 heteroatoms. The Morgan fingerprint density at radius 3 is 2.34 bits per heavy atom. The third-order valence-electron chi connectivity index (χ3n) is 5.21. The Hall–Kier alpha value is -2.49. The second kappa shape index (κ2) is 10.4. The van der Waals surface area contributed by atoms with Crippen molar-refractivity contribution in [2.75, 3.05) is 18.4 Å². The van der Waals surface area contributed by atoms with Gasteiger partial charge in [0.25, 0.3) is 5.91 Å². The van der Waals surface area contributed by atoms with E-state index in [2.05, 4.69) is 17.6 Å². The van der Waals surface area contributed by atoms with Crippen LogP contribution in [0.15, 0.2) is 53.4 Å². The molecule has 0 radical (unpaired) electrons. The van der Waals surface area contributed by atoms with E-state index in [1.165, 1.54) is 4.31 Å². The number of carbonyl (C=O) groups excluding carboxylic acids is 1. The Morgan fingerprint density at radius 2 is 1.72 bits per heavy atom. The minimum atomic E-state index is -3.51. The van der Waals surface area contributed by atoms with Crippen LogP contribution in [0.1, 0.15) is 44.0 Å². The molecule has 1 fully saturated rings. The van der Waals surface area contributed by atoms with Crippen LogP contribution in [-0.2, 0) is 10.0 Å². The van der Waals surface area contributed by atoms with E-state index in [9.17, 15) is 13.2 Å². The highest BCUT2D eigenvalue weighted by Crippen LogP contribution is 2.24. The summed E-state index contributed by atoms with van der Waals surface area (Å²) in [6.07, 6.45) is 1.67. The molecule has 3 rings (SSSR count). The van der Waals surface area contributed by atoms with E-state index >= 15 is 0 Å². The van der Waals surface area contributed by atoms with Crippen molar-refractivity contribution in [2.45, 2.75) is 44.6 Å². The molecule has 1 amide bonds. The molecule has 0 saturated carbocycles. The number of hydrogen-bond acceptors (Lipinski definition) is 5. The number of carbonyl (C=O) groups is 1. The van der Waals surface area contributed by atoms with Gasteiger partial charge in [-0.05, 0) is 81.2 Å². The van der Waals surface area contributed by atoms with Gasteiger partial charge in [0, 0.05) is 18.8 Å². The van der Waals surface area contributed by atoms with Gasteiger partial charge < -0.3 is 10.1 Å². The van der Waals surface area contributed by atoms with Gasteiger partial charge >= 0.3 is 0 Å². The lowest BCUT2D eigenvalue weighted by Gasteiger charge is -2.29. The number of para-hydroxylation sites is 1. The van der Waals surface area contributed by atoms with Crippen molar-refractivity contribution < 1.29 is 17.9 Å². The van der Waals surface area contributed by atoms with Crippen LogP contribution in [0.2, 0.25) is 0 Å². The zero-order chi connectivity index (χ0) is 23.3. The fraction of sp³-hybridized carbons (Fsp3) is 0.391. The largest absolute Gasteiger partial charge is 0.490 e. The van der Waals surface area contributed by atoms with Crippen LogP contribution >= 0.6 is 12.2 Å². The molecule has 0 aromatic heterocycles. The second-order valence-electron chi connectivity index (χ2n) is 8.18. The number of piperidine rings is 1. The summed E-state index contributed by atoms with van der Waals surface area (Å²) in [7, 11) is -3.51.